The molecule has 0 aromatic heterocycles. The third-order valence-corrected chi connectivity index (χ3v) is 4.75. The molecule has 1 amide bonds. The fraction of sp³-hybridized carbons (Fsp3) is 0.533. The van der Waals surface area contributed by atoms with E-state index in [2.05, 4.69) is 25.1 Å². The molecule has 0 N–H and O–H groups in total. The van der Waals surface area contributed by atoms with Gasteiger partial charge in [0.1, 0.15) is 0 Å². The molecule has 0 saturated carbocycles. The molecule has 1 aromatic carbocycles. The molecule has 2 aliphatic heterocycles. The molecule has 1 saturated heterocycles. The van der Waals surface area contributed by atoms with E-state index in [9.17, 15) is 4.79 Å². The Balaban J connectivity index is 1.82. The van der Waals surface area contributed by atoms with Gasteiger partial charge in [0.05, 0.1) is 24.1 Å². The fourth-order valence-corrected chi connectivity index (χ4v) is 3.70. The third kappa shape index (κ3) is 2.79. The van der Waals surface area contributed by atoms with E-state index in [1.165, 1.54) is 16.9 Å². The number of carbonyl (C=O) groups is 1. The van der Waals surface area contributed by atoms with Crippen molar-refractivity contribution in [3.05, 3.63) is 23.8 Å². The van der Waals surface area contributed by atoms with Crippen LogP contribution in [0.15, 0.2) is 23.1 Å². The average Bonchev–Trinajstić information content (AvgIpc) is 2.43. The topological polar surface area (TPSA) is 29.5 Å². The number of carbonyl (C=O) groups excluding carboxylic acids is 1. The number of nitrogens with zero attached hydrogens (tertiary/aromatic N) is 1. The first-order chi connectivity index (χ1) is 9.24. The Kier molecular flexibility index (Phi) is 3.80. The Hall–Kier alpha value is -1.00. The van der Waals surface area contributed by atoms with Gasteiger partial charge in [0.15, 0.2) is 0 Å². The number of anilines is 1. The summed E-state index contributed by atoms with van der Waals surface area (Å²) >= 11 is 1.64. The highest BCUT2D eigenvalue weighted by Crippen LogP contribution is 2.36. The van der Waals surface area contributed by atoms with Crippen LogP contribution in [0.2, 0.25) is 0 Å². The molecule has 0 radical (unpaired) electrons. The van der Waals surface area contributed by atoms with Gasteiger partial charge >= 0.3 is 0 Å². The molecule has 1 unspecified atom stereocenters. The van der Waals surface area contributed by atoms with Crippen LogP contribution in [-0.4, -0.2) is 30.9 Å². The maximum atomic E-state index is 12.2. The third-order valence-electron chi connectivity index (χ3n) is 3.72. The summed E-state index contributed by atoms with van der Waals surface area (Å²) in [4.78, 5) is 15.3. The number of aryl methyl sites for hydroxylation is 1. The maximum Gasteiger partial charge on any atom is 0.237 e. The number of rotatable bonds is 2. The van der Waals surface area contributed by atoms with Gasteiger partial charge in [0.2, 0.25) is 5.91 Å². The first kappa shape index (κ1) is 13.0. The molecule has 0 spiro atoms. The highest BCUT2D eigenvalue weighted by atomic mass is 32.2. The van der Waals surface area contributed by atoms with E-state index < -0.39 is 0 Å². The molecule has 0 bridgehead atoms. The van der Waals surface area contributed by atoms with Crippen LogP contribution in [-0.2, 0) is 9.53 Å². The van der Waals surface area contributed by atoms with E-state index in [0.717, 1.165) is 25.1 Å². The largest absolute Gasteiger partial charge is 0.376 e. The molecule has 0 aliphatic carbocycles. The summed E-state index contributed by atoms with van der Waals surface area (Å²) in [6, 6.07) is 6.31. The molecule has 3 nitrogen and oxygen atoms in total. The van der Waals surface area contributed by atoms with Crippen molar-refractivity contribution in [3.8, 4) is 0 Å². The van der Waals surface area contributed by atoms with Crippen LogP contribution in [0.5, 0.6) is 0 Å². The predicted octanol–water partition coefficient (Wildman–Crippen LogP) is 3.00. The van der Waals surface area contributed by atoms with Gasteiger partial charge in [0.25, 0.3) is 0 Å². The lowest BCUT2D eigenvalue weighted by atomic mass is 10.1. The highest BCUT2D eigenvalue weighted by Gasteiger charge is 2.28. The van der Waals surface area contributed by atoms with Gasteiger partial charge in [-0.05, 0) is 43.9 Å². The monoisotopic (exact) mass is 277 g/mol. The first-order valence-corrected chi connectivity index (χ1v) is 7.88. The van der Waals surface area contributed by atoms with Crippen molar-refractivity contribution in [1.82, 2.24) is 0 Å². The summed E-state index contributed by atoms with van der Waals surface area (Å²) in [5.74, 6) is 0.749. The SMILES string of the molecule is Cc1ccc2c(c1)SCC(=O)N2CC1CCCCO1. The number of thioether (sulfide) groups is 1. The summed E-state index contributed by atoms with van der Waals surface area (Å²) in [6.45, 7) is 3.63. The smallest absolute Gasteiger partial charge is 0.237 e. The molecular formula is C15H19NO2S. The predicted molar refractivity (Wildman–Crippen MR) is 77.8 cm³/mol. The van der Waals surface area contributed by atoms with Crippen molar-refractivity contribution < 1.29 is 9.53 Å². The molecule has 4 heteroatoms. The van der Waals surface area contributed by atoms with E-state index >= 15 is 0 Å². The van der Waals surface area contributed by atoms with Gasteiger partial charge in [-0.2, -0.15) is 0 Å². The van der Waals surface area contributed by atoms with E-state index in [-0.39, 0.29) is 12.0 Å². The van der Waals surface area contributed by atoms with Crippen LogP contribution >= 0.6 is 11.8 Å². The summed E-state index contributed by atoms with van der Waals surface area (Å²) in [5, 5.41) is 0. The Morgan fingerprint density at radius 1 is 1.42 bits per heavy atom. The maximum absolute atomic E-state index is 12.2. The molecule has 2 heterocycles. The molecule has 3 rings (SSSR count). The summed E-state index contributed by atoms with van der Waals surface area (Å²) in [6.07, 6.45) is 3.63. The summed E-state index contributed by atoms with van der Waals surface area (Å²) < 4.78 is 5.77. The van der Waals surface area contributed by atoms with Crippen molar-refractivity contribution in [1.29, 1.82) is 0 Å². The molecule has 2 aliphatic rings. The summed E-state index contributed by atoms with van der Waals surface area (Å²) in [7, 11) is 0. The minimum atomic E-state index is 0.204. The number of amides is 1. The number of hydrogen-bond donors (Lipinski definition) is 0. The van der Waals surface area contributed by atoms with Crippen LogP contribution in [0.4, 0.5) is 5.69 Å². The number of ether oxygens (including phenoxy) is 1. The average molecular weight is 277 g/mol. The van der Waals surface area contributed by atoms with Gasteiger partial charge in [-0.3, -0.25) is 4.79 Å². The zero-order valence-electron chi connectivity index (χ0n) is 11.2. The highest BCUT2D eigenvalue weighted by molar-refractivity contribution is 8.00. The lowest BCUT2D eigenvalue weighted by molar-refractivity contribution is -0.116. The molecule has 1 fully saturated rings. The van der Waals surface area contributed by atoms with Crippen molar-refractivity contribution in [2.75, 3.05) is 23.8 Å². The fourth-order valence-electron chi connectivity index (χ4n) is 2.67. The molecule has 19 heavy (non-hydrogen) atoms. The number of benzene rings is 1. The van der Waals surface area contributed by atoms with E-state index in [1.807, 2.05) is 4.90 Å². The summed E-state index contributed by atoms with van der Waals surface area (Å²) in [5.41, 5.74) is 2.30. The number of fused-ring (bicyclic) bond motifs is 1. The minimum absolute atomic E-state index is 0.204. The first-order valence-electron chi connectivity index (χ1n) is 6.89. The van der Waals surface area contributed by atoms with Crippen LogP contribution in [0, 0.1) is 6.92 Å². The van der Waals surface area contributed by atoms with Crippen molar-refractivity contribution in [3.63, 3.8) is 0 Å². The Morgan fingerprint density at radius 2 is 2.32 bits per heavy atom. The second-order valence-corrected chi connectivity index (χ2v) is 6.27. The quantitative estimate of drug-likeness (QED) is 0.832. The van der Waals surface area contributed by atoms with Crippen LogP contribution in [0.25, 0.3) is 0 Å². The zero-order valence-corrected chi connectivity index (χ0v) is 12.0. The zero-order chi connectivity index (χ0) is 13.2. The van der Waals surface area contributed by atoms with E-state index in [4.69, 9.17) is 4.74 Å². The lowest BCUT2D eigenvalue weighted by Gasteiger charge is -2.33. The van der Waals surface area contributed by atoms with Crippen molar-refractivity contribution in [2.45, 2.75) is 37.2 Å². The number of hydrogen-bond acceptors (Lipinski definition) is 3. The minimum Gasteiger partial charge on any atom is -0.376 e. The van der Waals surface area contributed by atoms with E-state index in [1.54, 1.807) is 11.8 Å². The Morgan fingerprint density at radius 3 is 3.11 bits per heavy atom. The van der Waals surface area contributed by atoms with Gasteiger partial charge in [-0.25, -0.2) is 0 Å². The molecule has 1 aromatic rings. The second kappa shape index (κ2) is 5.55. The van der Waals surface area contributed by atoms with Gasteiger partial charge in [-0.1, -0.05) is 6.07 Å². The van der Waals surface area contributed by atoms with Crippen LogP contribution < -0.4 is 4.90 Å². The van der Waals surface area contributed by atoms with Gasteiger partial charge in [-0.15, -0.1) is 11.8 Å². The van der Waals surface area contributed by atoms with E-state index in [0.29, 0.717) is 12.3 Å². The Labute approximate surface area is 118 Å². The van der Waals surface area contributed by atoms with Crippen LogP contribution in [0.1, 0.15) is 24.8 Å². The van der Waals surface area contributed by atoms with Crippen LogP contribution in [0.3, 0.4) is 0 Å². The second-order valence-electron chi connectivity index (χ2n) is 5.25. The normalized spacial score (nSPS) is 23.3. The lowest BCUT2D eigenvalue weighted by Crippen LogP contribution is -2.42. The standard InChI is InChI=1S/C15H19NO2S/c1-11-5-6-13-14(8-11)19-10-15(17)16(13)9-12-4-2-3-7-18-12/h5-6,8,12H,2-4,7,9-10H2,1H3. The van der Waals surface area contributed by atoms with Gasteiger partial charge < -0.3 is 9.64 Å². The van der Waals surface area contributed by atoms with Gasteiger partial charge in [0, 0.05) is 11.5 Å². The Bertz CT molecular complexity index is 483. The van der Waals surface area contributed by atoms with Crippen molar-refractivity contribution >= 4 is 23.4 Å². The molecular weight excluding hydrogens is 258 g/mol. The van der Waals surface area contributed by atoms with Crippen molar-refractivity contribution in [2.24, 2.45) is 0 Å². The molecule has 102 valence electrons. The molecule has 1 atom stereocenters.